The van der Waals surface area contributed by atoms with Crippen LogP contribution >= 0.6 is 0 Å². The number of carbonyl (C=O) groups excluding carboxylic acids is 1. The molecule has 29 heavy (non-hydrogen) atoms. The molecule has 144 valence electrons. The van der Waals surface area contributed by atoms with Gasteiger partial charge in [0.2, 0.25) is 5.91 Å². The zero-order valence-electron chi connectivity index (χ0n) is 15.7. The molecule has 4 rings (SSSR count). The first kappa shape index (κ1) is 18.4. The van der Waals surface area contributed by atoms with E-state index >= 15 is 0 Å². The molecular weight excluding hydrogens is 364 g/mol. The van der Waals surface area contributed by atoms with Gasteiger partial charge in [0.1, 0.15) is 12.4 Å². The van der Waals surface area contributed by atoms with Crippen molar-refractivity contribution >= 4 is 17.6 Å². The van der Waals surface area contributed by atoms with E-state index in [0.717, 1.165) is 22.5 Å². The predicted octanol–water partition coefficient (Wildman–Crippen LogP) is 3.64. The molecule has 0 aliphatic rings. The van der Waals surface area contributed by atoms with Crippen LogP contribution in [0.15, 0.2) is 85.1 Å². The molecule has 2 heterocycles. The molecule has 2 aromatic heterocycles. The van der Waals surface area contributed by atoms with Crippen LogP contribution < -0.4 is 10.1 Å². The highest BCUT2D eigenvalue weighted by atomic mass is 16.5. The lowest BCUT2D eigenvalue weighted by Crippen LogP contribution is -2.21. The molecule has 0 saturated heterocycles. The van der Waals surface area contributed by atoms with Crippen LogP contribution in [-0.4, -0.2) is 20.5 Å². The largest absolute Gasteiger partial charge is 0.489 e. The Balaban J connectivity index is 1.33. The molecule has 4 aromatic rings. The van der Waals surface area contributed by atoms with Gasteiger partial charge in [-0.1, -0.05) is 48.5 Å². The van der Waals surface area contributed by atoms with Crippen LogP contribution in [0.1, 0.15) is 17.0 Å². The third-order valence-corrected chi connectivity index (χ3v) is 4.34. The van der Waals surface area contributed by atoms with E-state index in [0.29, 0.717) is 19.0 Å². The summed E-state index contributed by atoms with van der Waals surface area (Å²) in [6.07, 6.45) is 5.12. The summed E-state index contributed by atoms with van der Waals surface area (Å²) in [5, 5.41) is 11.0. The number of aromatic nitrogens is 3. The fraction of sp³-hybridized carbons (Fsp3) is 0.0870. The average molecular weight is 384 g/mol. The Bertz CT molecular complexity index is 1140. The smallest absolute Gasteiger partial charge is 0.244 e. The van der Waals surface area contributed by atoms with Crippen molar-refractivity contribution in [2.24, 2.45) is 0 Å². The average Bonchev–Trinajstić information content (AvgIpc) is 3.19. The van der Waals surface area contributed by atoms with Gasteiger partial charge >= 0.3 is 0 Å². The third kappa shape index (κ3) is 4.87. The van der Waals surface area contributed by atoms with Crippen LogP contribution in [0.2, 0.25) is 0 Å². The van der Waals surface area contributed by atoms with Crippen molar-refractivity contribution in [2.45, 2.75) is 13.2 Å². The molecule has 6 heteroatoms. The molecule has 6 nitrogen and oxygen atoms in total. The Hall–Kier alpha value is -3.93. The standard InChI is InChI=1S/C23H20N4O2/c28-23(24-16-22-26-25-21-11-4-5-14-27(21)22)13-12-18-9-6-10-20(15-18)29-17-19-7-2-1-3-8-19/h1-15H,16-17H2,(H,24,28)/b13-12+. The minimum Gasteiger partial charge on any atom is -0.489 e. The van der Waals surface area contributed by atoms with Crippen molar-refractivity contribution in [3.8, 4) is 5.75 Å². The summed E-state index contributed by atoms with van der Waals surface area (Å²) in [6.45, 7) is 0.801. The lowest BCUT2D eigenvalue weighted by atomic mass is 10.2. The van der Waals surface area contributed by atoms with Crippen LogP contribution in [-0.2, 0) is 17.9 Å². The van der Waals surface area contributed by atoms with Gasteiger partial charge in [-0.15, -0.1) is 10.2 Å². The highest BCUT2D eigenvalue weighted by Crippen LogP contribution is 2.16. The number of pyridine rings is 1. The summed E-state index contributed by atoms with van der Waals surface area (Å²) < 4.78 is 7.67. The van der Waals surface area contributed by atoms with E-state index in [1.165, 1.54) is 6.08 Å². The van der Waals surface area contributed by atoms with Gasteiger partial charge in [0.15, 0.2) is 11.5 Å². The van der Waals surface area contributed by atoms with Crippen molar-refractivity contribution in [3.63, 3.8) is 0 Å². The second-order valence-corrected chi connectivity index (χ2v) is 6.44. The summed E-state index contributed by atoms with van der Waals surface area (Å²) in [6, 6.07) is 23.3. The monoisotopic (exact) mass is 384 g/mol. The van der Waals surface area contributed by atoms with Gasteiger partial charge < -0.3 is 10.1 Å². The van der Waals surface area contributed by atoms with Gasteiger partial charge in [0, 0.05) is 12.3 Å². The molecule has 0 aliphatic carbocycles. The van der Waals surface area contributed by atoms with Crippen molar-refractivity contribution in [2.75, 3.05) is 0 Å². The number of fused-ring (bicyclic) bond motifs is 1. The fourth-order valence-electron chi connectivity index (χ4n) is 2.86. The van der Waals surface area contributed by atoms with Gasteiger partial charge in [-0.3, -0.25) is 9.20 Å². The molecular formula is C23H20N4O2. The first-order valence-corrected chi connectivity index (χ1v) is 9.29. The van der Waals surface area contributed by atoms with Crippen LogP contribution in [0.25, 0.3) is 11.7 Å². The quantitative estimate of drug-likeness (QED) is 0.494. The fourth-order valence-corrected chi connectivity index (χ4v) is 2.86. The first-order chi connectivity index (χ1) is 14.3. The van der Waals surface area contributed by atoms with Crippen LogP contribution in [0.4, 0.5) is 0 Å². The number of rotatable bonds is 7. The lowest BCUT2D eigenvalue weighted by Gasteiger charge is -2.07. The molecule has 0 spiro atoms. The Kier molecular flexibility index (Phi) is 5.62. The maximum atomic E-state index is 12.2. The maximum absolute atomic E-state index is 12.2. The molecule has 0 bridgehead atoms. The van der Waals surface area contributed by atoms with E-state index in [9.17, 15) is 4.79 Å². The normalized spacial score (nSPS) is 11.0. The molecule has 0 saturated carbocycles. The first-order valence-electron chi connectivity index (χ1n) is 9.29. The van der Waals surface area contributed by atoms with E-state index in [1.54, 1.807) is 6.08 Å². The summed E-state index contributed by atoms with van der Waals surface area (Å²) in [5.74, 6) is 1.23. The summed E-state index contributed by atoms with van der Waals surface area (Å²) in [7, 11) is 0. The highest BCUT2D eigenvalue weighted by Gasteiger charge is 2.05. The second-order valence-electron chi connectivity index (χ2n) is 6.44. The second kappa shape index (κ2) is 8.84. The predicted molar refractivity (Wildman–Crippen MR) is 111 cm³/mol. The number of nitrogens with one attached hydrogen (secondary N) is 1. The SMILES string of the molecule is O=C(/C=C/c1cccc(OCc2ccccc2)c1)NCc1nnc2ccccn12. The number of nitrogens with zero attached hydrogens (tertiary/aromatic N) is 3. The van der Waals surface area contributed by atoms with Gasteiger partial charge in [0.25, 0.3) is 0 Å². The van der Waals surface area contributed by atoms with Crippen LogP contribution in [0.5, 0.6) is 5.75 Å². The Labute approximate surface area is 168 Å². The zero-order chi connectivity index (χ0) is 19.9. The van der Waals surface area contributed by atoms with E-state index in [1.807, 2.05) is 83.4 Å². The molecule has 0 unspecified atom stereocenters. The number of amides is 1. The van der Waals surface area contributed by atoms with E-state index in [4.69, 9.17) is 4.74 Å². The molecule has 1 N–H and O–H groups in total. The van der Waals surface area contributed by atoms with Crippen LogP contribution in [0.3, 0.4) is 0 Å². The molecule has 0 aliphatic heterocycles. The third-order valence-electron chi connectivity index (χ3n) is 4.34. The lowest BCUT2D eigenvalue weighted by molar-refractivity contribution is -0.116. The number of carbonyl (C=O) groups is 1. The maximum Gasteiger partial charge on any atom is 0.244 e. The number of benzene rings is 2. The van der Waals surface area contributed by atoms with Gasteiger partial charge in [-0.2, -0.15) is 0 Å². The van der Waals surface area contributed by atoms with Crippen molar-refractivity contribution in [3.05, 3.63) is 102 Å². The van der Waals surface area contributed by atoms with Crippen molar-refractivity contribution < 1.29 is 9.53 Å². The van der Waals surface area contributed by atoms with Crippen LogP contribution in [0, 0.1) is 0 Å². The molecule has 2 aromatic carbocycles. The molecule has 1 amide bonds. The number of hydrogen-bond acceptors (Lipinski definition) is 4. The zero-order valence-corrected chi connectivity index (χ0v) is 15.7. The summed E-state index contributed by atoms with van der Waals surface area (Å²) in [5.41, 5.74) is 2.74. The molecule has 0 fully saturated rings. The number of ether oxygens (including phenoxy) is 1. The van der Waals surface area contributed by atoms with E-state index in [2.05, 4.69) is 15.5 Å². The van der Waals surface area contributed by atoms with Crippen molar-refractivity contribution in [1.29, 1.82) is 0 Å². The number of hydrogen-bond donors (Lipinski definition) is 1. The van der Waals surface area contributed by atoms with Crippen molar-refractivity contribution in [1.82, 2.24) is 19.9 Å². The Morgan fingerprint density at radius 3 is 2.76 bits per heavy atom. The minimum absolute atomic E-state index is 0.201. The van der Waals surface area contributed by atoms with Gasteiger partial charge in [-0.05, 0) is 41.5 Å². The highest BCUT2D eigenvalue weighted by molar-refractivity contribution is 5.91. The van der Waals surface area contributed by atoms with E-state index in [-0.39, 0.29) is 5.91 Å². The summed E-state index contributed by atoms with van der Waals surface area (Å²) in [4.78, 5) is 12.2. The Morgan fingerprint density at radius 1 is 1.00 bits per heavy atom. The topological polar surface area (TPSA) is 68.5 Å². The van der Waals surface area contributed by atoms with E-state index < -0.39 is 0 Å². The van der Waals surface area contributed by atoms with Gasteiger partial charge in [0.05, 0.1) is 6.54 Å². The molecule has 0 atom stereocenters. The minimum atomic E-state index is -0.201. The molecule has 0 radical (unpaired) electrons. The summed E-state index contributed by atoms with van der Waals surface area (Å²) >= 11 is 0. The Morgan fingerprint density at radius 2 is 1.86 bits per heavy atom. The van der Waals surface area contributed by atoms with Gasteiger partial charge in [-0.25, -0.2) is 0 Å².